The molecule has 0 aromatic heterocycles. The maximum atomic E-state index is 15.6. The van der Waals surface area contributed by atoms with Gasteiger partial charge in [-0.1, -0.05) is 163 Å². The Bertz CT molecular complexity index is 2470. The first kappa shape index (κ1) is 42.3. The maximum absolute atomic E-state index is 15.6. The van der Waals surface area contributed by atoms with Crippen LogP contribution in [-0.2, 0) is 62.3 Å². The summed E-state index contributed by atoms with van der Waals surface area (Å²) in [7, 11) is 1.50. The zero-order valence-corrected chi connectivity index (χ0v) is 34.6. The number of rotatable bonds is 17. The molecule has 7 aromatic rings. The fourth-order valence-electron chi connectivity index (χ4n) is 7.90. The second kappa shape index (κ2) is 20.0. The Balaban J connectivity index is 1.27. The number of aliphatic hydroxyl groups is 1. The van der Waals surface area contributed by atoms with Crippen LogP contribution in [0.15, 0.2) is 170 Å². The van der Waals surface area contributed by atoms with Gasteiger partial charge in [0.1, 0.15) is 36.0 Å². The van der Waals surface area contributed by atoms with Crippen molar-refractivity contribution >= 4 is 22.4 Å². The summed E-state index contributed by atoms with van der Waals surface area (Å²) in [6.07, 6.45) is -3.61. The highest BCUT2D eigenvalue weighted by Crippen LogP contribution is 2.46. The van der Waals surface area contributed by atoms with Crippen LogP contribution in [0.25, 0.3) is 10.8 Å². The monoisotopic (exact) mass is 838 g/mol. The molecule has 1 heterocycles. The lowest BCUT2D eigenvalue weighted by molar-refractivity contribution is -0.378. The van der Waals surface area contributed by atoms with Crippen LogP contribution in [0, 0.1) is 5.82 Å². The summed E-state index contributed by atoms with van der Waals surface area (Å²) in [6.45, 7) is 0.899. The smallest absolute Gasteiger partial charge is 0.223 e. The average molecular weight is 839 g/mol. The Labute approximate surface area is 361 Å². The summed E-state index contributed by atoms with van der Waals surface area (Å²) in [4.78, 5) is 0. The SMILES string of the molecule is COc1ccc(Cc2cc([C@]3(O)O[C@H](COCc4ccccc4)[C@@H](OCc4ccccc4)[C@H](OCc4ccccc4)[C@H]3OCc3ccccc3)c3ccccc3c2Cl)c(F)c1. The van der Waals surface area contributed by atoms with Gasteiger partial charge < -0.3 is 33.5 Å². The minimum atomic E-state index is -2.18. The first-order valence-corrected chi connectivity index (χ1v) is 20.8. The molecule has 1 fully saturated rings. The molecule has 1 saturated heterocycles. The molecule has 0 bridgehead atoms. The third-order valence-electron chi connectivity index (χ3n) is 11.0. The molecule has 1 N–H and O–H groups in total. The van der Waals surface area contributed by atoms with Crippen LogP contribution in [0.4, 0.5) is 4.39 Å². The molecule has 9 heteroatoms. The first-order chi connectivity index (χ1) is 29.9. The van der Waals surface area contributed by atoms with E-state index in [1.54, 1.807) is 18.2 Å². The standard InChI is InChI=1S/C52H48ClFO7/c1-56-42-27-26-40(46(54)30-42)28-41-29-45(43-24-14-15-25-44(43)48(41)53)52(55)51(60-34-39-22-12-5-13-23-39)50(59-33-38-20-10-4-11-21-38)49(58-32-37-18-8-3-9-19-37)47(61-52)35-57-31-36-16-6-2-7-17-36/h2-27,29-30,47,49-51,55H,28,31-35H2,1H3/t47-,49-,50+,51-,52+/m1/s1. The van der Waals surface area contributed by atoms with E-state index >= 15 is 4.39 Å². The van der Waals surface area contributed by atoms with Gasteiger partial charge in [0.15, 0.2) is 0 Å². The molecule has 7 aromatic carbocycles. The second-order valence-corrected chi connectivity index (χ2v) is 15.5. The molecule has 312 valence electrons. The lowest BCUT2D eigenvalue weighted by atomic mass is 9.84. The van der Waals surface area contributed by atoms with Crippen molar-refractivity contribution in [1.29, 1.82) is 0 Å². The van der Waals surface area contributed by atoms with E-state index in [9.17, 15) is 5.11 Å². The van der Waals surface area contributed by atoms with Crippen molar-refractivity contribution in [3.05, 3.63) is 220 Å². The number of fused-ring (bicyclic) bond motifs is 1. The van der Waals surface area contributed by atoms with Crippen LogP contribution in [0.5, 0.6) is 5.75 Å². The van der Waals surface area contributed by atoms with Gasteiger partial charge in [-0.3, -0.25) is 0 Å². The third kappa shape index (κ3) is 10.0. The quantitative estimate of drug-likeness (QED) is 0.0979. The van der Waals surface area contributed by atoms with Crippen molar-refractivity contribution in [2.45, 2.75) is 63.1 Å². The molecule has 0 radical (unpaired) electrons. The minimum absolute atomic E-state index is 0.0443. The largest absolute Gasteiger partial charge is 0.497 e. The number of benzene rings is 7. The molecule has 0 spiro atoms. The zero-order valence-electron chi connectivity index (χ0n) is 33.9. The number of methoxy groups -OCH3 is 1. The molecule has 7 nitrogen and oxygen atoms in total. The predicted molar refractivity (Wildman–Crippen MR) is 235 cm³/mol. The van der Waals surface area contributed by atoms with Crippen LogP contribution in [0.3, 0.4) is 0 Å². The minimum Gasteiger partial charge on any atom is -0.497 e. The fourth-order valence-corrected chi connectivity index (χ4v) is 8.18. The Hall–Kier alpha value is -5.42. The van der Waals surface area contributed by atoms with E-state index in [0.29, 0.717) is 44.8 Å². The van der Waals surface area contributed by atoms with Crippen molar-refractivity contribution in [2.75, 3.05) is 13.7 Å². The van der Waals surface area contributed by atoms with E-state index < -0.39 is 36.0 Å². The molecular formula is C52H48ClFO7. The van der Waals surface area contributed by atoms with Crippen LogP contribution in [0.1, 0.15) is 38.9 Å². The lowest BCUT2D eigenvalue weighted by Gasteiger charge is -2.50. The molecule has 1 aliphatic heterocycles. The van der Waals surface area contributed by atoms with Crippen molar-refractivity contribution in [3.8, 4) is 5.75 Å². The summed E-state index contributed by atoms with van der Waals surface area (Å²) in [5.74, 6) is -2.22. The van der Waals surface area contributed by atoms with Gasteiger partial charge in [0.25, 0.3) is 0 Å². The molecule has 0 amide bonds. The Morgan fingerprint density at radius 2 is 1.10 bits per heavy atom. The summed E-state index contributed by atoms with van der Waals surface area (Å²) in [5.41, 5.74) is 5.13. The summed E-state index contributed by atoms with van der Waals surface area (Å²) < 4.78 is 55.0. The van der Waals surface area contributed by atoms with E-state index in [0.717, 1.165) is 22.3 Å². The lowest BCUT2D eigenvalue weighted by Crippen LogP contribution is -2.65. The topological polar surface area (TPSA) is 75.6 Å². The van der Waals surface area contributed by atoms with Gasteiger partial charge in [-0.05, 0) is 50.9 Å². The van der Waals surface area contributed by atoms with E-state index in [2.05, 4.69) is 0 Å². The molecule has 0 aliphatic carbocycles. The number of ether oxygens (including phenoxy) is 6. The Morgan fingerprint density at radius 1 is 0.590 bits per heavy atom. The van der Waals surface area contributed by atoms with Gasteiger partial charge >= 0.3 is 0 Å². The van der Waals surface area contributed by atoms with Crippen molar-refractivity contribution in [2.24, 2.45) is 0 Å². The Morgan fingerprint density at radius 3 is 1.66 bits per heavy atom. The zero-order chi connectivity index (χ0) is 42.0. The molecule has 0 saturated carbocycles. The van der Waals surface area contributed by atoms with E-state index in [1.807, 2.05) is 146 Å². The molecular weight excluding hydrogens is 791 g/mol. The van der Waals surface area contributed by atoms with Crippen LogP contribution in [0.2, 0.25) is 5.02 Å². The van der Waals surface area contributed by atoms with Gasteiger partial charge in [-0.25, -0.2) is 4.39 Å². The number of hydrogen-bond acceptors (Lipinski definition) is 7. The predicted octanol–water partition coefficient (Wildman–Crippen LogP) is 10.7. The average Bonchev–Trinajstić information content (AvgIpc) is 3.30. The molecule has 1 aliphatic rings. The van der Waals surface area contributed by atoms with Crippen molar-refractivity contribution in [3.63, 3.8) is 0 Å². The van der Waals surface area contributed by atoms with Crippen LogP contribution >= 0.6 is 11.6 Å². The normalized spacial score (nSPS) is 20.1. The number of halogens is 2. The molecule has 0 unspecified atom stereocenters. The first-order valence-electron chi connectivity index (χ1n) is 20.4. The van der Waals surface area contributed by atoms with Crippen LogP contribution in [-0.4, -0.2) is 43.2 Å². The van der Waals surface area contributed by atoms with E-state index in [-0.39, 0.29) is 32.8 Å². The van der Waals surface area contributed by atoms with Gasteiger partial charge in [0.05, 0.1) is 45.2 Å². The Kier molecular flexibility index (Phi) is 13.8. The summed E-state index contributed by atoms with van der Waals surface area (Å²) >= 11 is 7.20. The molecule has 5 atom stereocenters. The van der Waals surface area contributed by atoms with E-state index in [1.165, 1.54) is 13.2 Å². The summed E-state index contributed by atoms with van der Waals surface area (Å²) in [5, 5.41) is 15.4. The highest BCUT2D eigenvalue weighted by atomic mass is 35.5. The molecule has 8 rings (SSSR count). The fraction of sp³-hybridized carbons (Fsp3) is 0.231. The summed E-state index contributed by atoms with van der Waals surface area (Å²) in [6, 6.07) is 53.4. The second-order valence-electron chi connectivity index (χ2n) is 15.2. The van der Waals surface area contributed by atoms with Gasteiger partial charge in [-0.15, -0.1) is 0 Å². The maximum Gasteiger partial charge on any atom is 0.223 e. The van der Waals surface area contributed by atoms with Crippen molar-refractivity contribution in [1.82, 2.24) is 0 Å². The molecule has 61 heavy (non-hydrogen) atoms. The highest BCUT2D eigenvalue weighted by Gasteiger charge is 2.58. The highest BCUT2D eigenvalue weighted by molar-refractivity contribution is 6.36. The van der Waals surface area contributed by atoms with Gasteiger partial charge in [0, 0.05) is 23.4 Å². The van der Waals surface area contributed by atoms with Crippen LogP contribution < -0.4 is 4.74 Å². The van der Waals surface area contributed by atoms with Crippen molar-refractivity contribution < 1.29 is 37.9 Å². The van der Waals surface area contributed by atoms with Gasteiger partial charge in [0.2, 0.25) is 5.79 Å². The number of hydrogen-bond donors (Lipinski definition) is 1. The third-order valence-corrected chi connectivity index (χ3v) is 11.5. The van der Waals surface area contributed by atoms with Gasteiger partial charge in [-0.2, -0.15) is 0 Å². The van der Waals surface area contributed by atoms with E-state index in [4.69, 9.17) is 40.0 Å².